The molecule has 0 unspecified atom stereocenters. The second kappa shape index (κ2) is 36.1. The number of aliphatic hydroxyl groups excluding tert-OH is 2. The topological polar surface area (TPSA) is 283 Å². The fourth-order valence-electron chi connectivity index (χ4n) is 8.19. The quantitative estimate of drug-likeness (QED) is 0.0161. The molecule has 0 atom stereocenters. The van der Waals surface area contributed by atoms with Crippen molar-refractivity contribution >= 4 is 35.8 Å². The molecule has 0 rings (SSSR count). The molecular formula is C47H78O16. The summed E-state index contributed by atoms with van der Waals surface area (Å²) in [4.78, 5) is 68.3. The highest BCUT2D eigenvalue weighted by molar-refractivity contribution is 5.82. The van der Waals surface area contributed by atoms with Crippen LogP contribution in [0.2, 0.25) is 0 Å². The maximum absolute atomic E-state index is 12.1. The zero-order valence-electron chi connectivity index (χ0n) is 37.4. The largest absolute Gasteiger partial charge is 0.485 e. The van der Waals surface area contributed by atoms with Gasteiger partial charge >= 0.3 is 35.8 Å². The van der Waals surface area contributed by atoms with Gasteiger partial charge in [0, 0.05) is 38.0 Å². The molecule has 0 spiro atoms. The van der Waals surface area contributed by atoms with E-state index in [1.54, 1.807) is 0 Å². The highest BCUT2D eigenvalue weighted by Gasteiger charge is 2.63. The molecule has 0 saturated heterocycles. The van der Waals surface area contributed by atoms with Gasteiger partial charge in [-0.05, 0) is 50.7 Å². The van der Waals surface area contributed by atoms with E-state index in [0.717, 1.165) is 121 Å². The number of unbranched alkanes of at least 4 members (excludes halogenated alkanes) is 21. The molecule has 0 fully saturated rings. The number of aliphatic carboxylic acids is 6. The predicted octanol–water partition coefficient (Wildman–Crippen LogP) is 8.91. The third kappa shape index (κ3) is 26.8. The van der Waals surface area contributed by atoms with Crippen LogP contribution in [0, 0.1) is 5.41 Å². The van der Waals surface area contributed by atoms with Crippen molar-refractivity contribution in [2.24, 2.45) is 5.41 Å². The number of ether oxygens (including phenoxy) is 2. The molecule has 16 nitrogen and oxygen atoms in total. The third-order valence-corrected chi connectivity index (χ3v) is 11.7. The Labute approximate surface area is 373 Å². The number of carboxylic acid groups (broad SMARTS) is 6. The molecule has 8 N–H and O–H groups in total. The summed E-state index contributed by atoms with van der Waals surface area (Å²) in [6.07, 6.45) is 24.5. The van der Waals surface area contributed by atoms with Gasteiger partial charge in [-0.3, -0.25) is 14.4 Å². The van der Waals surface area contributed by atoms with E-state index in [4.69, 9.17) is 24.8 Å². The predicted molar refractivity (Wildman–Crippen MR) is 236 cm³/mol. The second-order valence-corrected chi connectivity index (χ2v) is 16.6. The van der Waals surface area contributed by atoms with E-state index in [0.29, 0.717) is 69.6 Å². The number of rotatable bonds is 45. The number of hydrogen-bond acceptors (Lipinski definition) is 10. The molecule has 0 aliphatic carbocycles. The normalized spacial score (nSPS) is 13.2. The van der Waals surface area contributed by atoms with Crippen LogP contribution in [0.4, 0.5) is 0 Å². The zero-order chi connectivity index (χ0) is 47.2. The Bertz CT molecular complexity index is 1320. The summed E-state index contributed by atoms with van der Waals surface area (Å²) in [5.41, 5.74) is -5.71. The van der Waals surface area contributed by atoms with Crippen molar-refractivity contribution in [3.63, 3.8) is 0 Å². The Balaban J connectivity index is 6.86. The lowest BCUT2D eigenvalue weighted by molar-refractivity contribution is -0.230. The monoisotopic (exact) mass is 899 g/mol. The van der Waals surface area contributed by atoms with Crippen molar-refractivity contribution in [1.82, 2.24) is 0 Å². The minimum Gasteiger partial charge on any atom is -0.485 e. The van der Waals surface area contributed by atoms with Crippen LogP contribution >= 0.6 is 0 Å². The standard InChI is InChI=1S/C47H78O16/c48-37-45(38-49,47(33-28-42(56)57,34-29-43(58)59)63-36-30-44(60)61)46(31-22-16-10-4-1-7-13-19-25-39(50)51,32-23-17-11-5-2-8-14-20-26-40(52)53)62-35-24-18-12-6-3-9-15-21-27-41(54)55/h28-30,33-34,36,48-49H,1-27,31-32,35,37-38H2,(H,50,51)(H,52,53)(H,54,55)(H,56,57)(H,58,59)(H,60,61). The first-order valence-electron chi connectivity index (χ1n) is 23.0. The molecular weight excluding hydrogens is 821 g/mol. The van der Waals surface area contributed by atoms with E-state index < -0.39 is 65.6 Å². The van der Waals surface area contributed by atoms with Gasteiger partial charge in [-0.1, -0.05) is 128 Å². The van der Waals surface area contributed by atoms with Gasteiger partial charge in [0.25, 0.3) is 0 Å². The number of hydrogen-bond donors (Lipinski definition) is 8. The maximum Gasteiger partial charge on any atom is 0.331 e. The van der Waals surface area contributed by atoms with Gasteiger partial charge in [0.05, 0.1) is 36.6 Å². The van der Waals surface area contributed by atoms with Crippen molar-refractivity contribution < 1.29 is 79.1 Å². The number of carbonyl (C=O) groups is 6. The van der Waals surface area contributed by atoms with Crippen LogP contribution < -0.4 is 0 Å². The van der Waals surface area contributed by atoms with Gasteiger partial charge in [0.1, 0.15) is 0 Å². The Morgan fingerprint density at radius 3 is 1.00 bits per heavy atom. The van der Waals surface area contributed by atoms with E-state index in [2.05, 4.69) is 0 Å². The molecule has 0 aromatic heterocycles. The lowest BCUT2D eigenvalue weighted by atomic mass is 9.58. The molecule has 0 aromatic carbocycles. The smallest absolute Gasteiger partial charge is 0.331 e. The Hall–Kier alpha value is -4.28. The van der Waals surface area contributed by atoms with Crippen LogP contribution in [0.3, 0.4) is 0 Å². The van der Waals surface area contributed by atoms with Crippen LogP contribution in [0.15, 0.2) is 36.6 Å². The zero-order valence-corrected chi connectivity index (χ0v) is 37.4. The molecule has 0 aliphatic heterocycles. The highest BCUT2D eigenvalue weighted by Crippen LogP contribution is 2.52. The second-order valence-electron chi connectivity index (χ2n) is 16.6. The van der Waals surface area contributed by atoms with Gasteiger partial charge in [0.15, 0.2) is 5.60 Å². The Morgan fingerprint density at radius 2 is 0.698 bits per heavy atom. The SMILES string of the molecule is O=C(O)C=COC(C=CC(=O)O)(C=CC(=O)O)C(CO)(CO)C(CCCCCCCCCCC(=O)O)(CCCCCCCCCCC(=O)O)OCCCCCCCCCCC(=O)O. The average Bonchev–Trinajstić information content (AvgIpc) is 3.22. The summed E-state index contributed by atoms with van der Waals surface area (Å²) in [7, 11) is 0. The molecule has 0 radical (unpaired) electrons. The summed E-state index contributed by atoms with van der Waals surface area (Å²) in [6.45, 7) is -1.60. The molecule has 0 amide bonds. The molecule has 0 aliphatic rings. The van der Waals surface area contributed by atoms with Crippen molar-refractivity contribution in [2.75, 3.05) is 19.8 Å². The fourth-order valence-corrected chi connectivity index (χ4v) is 8.19. The summed E-state index contributed by atoms with van der Waals surface area (Å²) >= 11 is 0. The van der Waals surface area contributed by atoms with Crippen molar-refractivity contribution in [2.45, 2.75) is 197 Å². The van der Waals surface area contributed by atoms with Gasteiger partial charge < -0.3 is 50.3 Å². The minimum absolute atomic E-state index is 0.130. The highest BCUT2D eigenvalue weighted by atomic mass is 16.5. The minimum atomic E-state index is -2.26. The van der Waals surface area contributed by atoms with Gasteiger partial charge in [-0.25, -0.2) is 14.4 Å². The van der Waals surface area contributed by atoms with Crippen LogP contribution in [-0.2, 0) is 38.2 Å². The first kappa shape index (κ1) is 58.7. The Kier molecular flexibility index (Phi) is 33.6. The number of carboxylic acids is 6. The van der Waals surface area contributed by atoms with Crippen LogP contribution in [0.25, 0.3) is 0 Å². The lowest BCUT2D eigenvalue weighted by Crippen LogP contribution is -2.66. The summed E-state index contributed by atoms with van der Waals surface area (Å²) in [5.74, 6) is -6.76. The maximum atomic E-state index is 12.1. The summed E-state index contributed by atoms with van der Waals surface area (Å²) < 4.78 is 13.0. The molecule has 362 valence electrons. The van der Waals surface area contributed by atoms with Crippen LogP contribution in [0.5, 0.6) is 0 Å². The van der Waals surface area contributed by atoms with Gasteiger partial charge in [-0.2, -0.15) is 0 Å². The van der Waals surface area contributed by atoms with Crippen molar-refractivity contribution in [3.8, 4) is 0 Å². The molecule has 63 heavy (non-hydrogen) atoms. The van der Waals surface area contributed by atoms with Crippen molar-refractivity contribution in [1.29, 1.82) is 0 Å². The molecule has 0 heterocycles. The molecule has 16 heteroatoms. The summed E-state index contributed by atoms with van der Waals surface area (Å²) in [5, 5.41) is 79.0. The van der Waals surface area contributed by atoms with Gasteiger partial charge in [-0.15, -0.1) is 0 Å². The van der Waals surface area contributed by atoms with E-state index in [1.807, 2.05) is 0 Å². The third-order valence-electron chi connectivity index (χ3n) is 11.7. The lowest BCUT2D eigenvalue weighted by Gasteiger charge is -2.56. The Morgan fingerprint density at radius 1 is 0.397 bits per heavy atom. The molecule has 0 bridgehead atoms. The van der Waals surface area contributed by atoms with Crippen LogP contribution in [0.1, 0.15) is 186 Å². The fraction of sp³-hybridized carbons (Fsp3) is 0.745. The van der Waals surface area contributed by atoms with Gasteiger partial charge in [0.2, 0.25) is 0 Å². The first-order chi connectivity index (χ1) is 30.1. The van der Waals surface area contributed by atoms with E-state index in [9.17, 15) is 54.3 Å². The van der Waals surface area contributed by atoms with E-state index in [-0.39, 0.29) is 38.7 Å². The molecule has 0 aromatic rings. The number of aliphatic hydroxyl groups is 2. The van der Waals surface area contributed by atoms with Crippen molar-refractivity contribution in [3.05, 3.63) is 36.6 Å². The summed E-state index contributed by atoms with van der Waals surface area (Å²) in [6, 6.07) is 0. The van der Waals surface area contributed by atoms with Crippen LogP contribution in [-0.4, -0.2) is 108 Å². The van der Waals surface area contributed by atoms with E-state index in [1.165, 1.54) is 0 Å². The average molecular weight is 899 g/mol. The first-order valence-corrected chi connectivity index (χ1v) is 23.0. The van der Waals surface area contributed by atoms with E-state index >= 15 is 0 Å². The molecule has 0 saturated carbocycles.